The van der Waals surface area contributed by atoms with Crippen LogP contribution in [0.2, 0.25) is 5.02 Å². The molecule has 0 N–H and O–H groups in total. The van der Waals surface area contributed by atoms with Gasteiger partial charge in [0.2, 0.25) is 5.91 Å². The monoisotopic (exact) mass is 464 g/mol. The molecule has 31 heavy (non-hydrogen) atoms. The number of carbonyl (C=O) groups is 1. The second kappa shape index (κ2) is 9.46. The fourth-order valence-corrected chi connectivity index (χ4v) is 4.88. The van der Waals surface area contributed by atoms with Gasteiger partial charge in [0.05, 0.1) is 5.69 Å². The first-order valence-electron chi connectivity index (χ1n) is 10.2. The van der Waals surface area contributed by atoms with Crippen LogP contribution in [0.4, 0.5) is 11.4 Å². The van der Waals surface area contributed by atoms with Crippen LogP contribution in [0.5, 0.6) is 0 Å². The molecule has 3 rings (SSSR count). The van der Waals surface area contributed by atoms with Gasteiger partial charge in [-0.25, -0.2) is 4.31 Å². The minimum absolute atomic E-state index is 0.211. The standard InChI is InChI=1S/C22H29ClN4O3S/c1-17-8-9-18(2)21(14-17)27(31(29,30)24(3)4)16-22(28)26-12-10-25(11-13-26)20-7-5-6-19(23)15-20/h5-9,14-15H,10-13,16H2,1-4H3. The molecule has 1 heterocycles. The van der Waals surface area contributed by atoms with Gasteiger partial charge in [0, 0.05) is 51.0 Å². The Morgan fingerprint density at radius 1 is 1.03 bits per heavy atom. The van der Waals surface area contributed by atoms with Crippen LogP contribution >= 0.6 is 11.6 Å². The summed E-state index contributed by atoms with van der Waals surface area (Å²) in [5, 5.41) is 0.675. The van der Waals surface area contributed by atoms with Crippen molar-refractivity contribution in [2.45, 2.75) is 13.8 Å². The largest absolute Gasteiger partial charge is 0.368 e. The summed E-state index contributed by atoms with van der Waals surface area (Å²) in [6.07, 6.45) is 0. The van der Waals surface area contributed by atoms with Crippen molar-refractivity contribution in [2.75, 3.05) is 56.0 Å². The molecule has 0 atom stereocenters. The third-order valence-electron chi connectivity index (χ3n) is 5.46. The van der Waals surface area contributed by atoms with Gasteiger partial charge in [0.25, 0.3) is 0 Å². The molecule has 2 aromatic rings. The zero-order chi connectivity index (χ0) is 22.8. The molecular weight excluding hydrogens is 436 g/mol. The lowest BCUT2D eigenvalue weighted by Gasteiger charge is -2.37. The molecule has 2 aromatic carbocycles. The van der Waals surface area contributed by atoms with E-state index in [4.69, 9.17) is 11.6 Å². The van der Waals surface area contributed by atoms with Crippen LogP contribution in [0.15, 0.2) is 42.5 Å². The molecule has 7 nitrogen and oxygen atoms in total. The van der Waals surface area contributed by atoms with Crippen molar-refractivity contribution in [1.29, 1.82) is 0 Å². The Hall–Kier alpha value is -2.29. The van der Waals surface area contributed by atoms with Gasteiger partial charge < -0.3 is 9.80 Å². The molecule has 0 radical (unpaired) electrons. The highest BCUT2D eigenvalue weighted by Gasteiger charge is 2.31. The summed E-state index contributed by atoms with van der Waals surface area (Å²) in [7, 11) is -0.882. The van der Waals surface area contributed by atoms with Crippen LogP contribution in [0.25, 0.3) is 0 Å². The van der Waals surface area contributed by atoms with E-state index in [0.717, 1.165) is 21.1 Å². The molecule has 1 saturated heterocycles. The van der Waals surface area contributed by atoms with Crippen molar-refractivity contribution in [3.8, 4) is 0 Å². The lowest BCUT2D eigenvalue weighted by Crippen LogP contribution is -2.53. The Bertz CT molecular complexity index is 1050. The zero-order valence-corrected chi connectivity index (χ0v) is 19.9. The number of benzene rings is 2. The van der Waals surface area contributed by atoms with Crippen molar-refractivity contribution in [1.82, 2.24) is 9.21 Å². The predicted molar refractivity (Wildman–Crippen MR) is 126 cm³/mol. The van der Waals surface area contributed by atoms with Gasteiger partial charge in [0.15, 0.2) is 0 Å². The van der Waals surface area contributed by atoms with Gasteiger partial charge >= 0.3 is 10.2 Å². The maximum atomic E-state index is 13.1. The van der Waals surface area contributed by atoms with E-state index in [1.54, 1.807) is 11.0 Å². The summed E-state index contributed by atoms with van der Waals surface area (Å²) >= 11 is 6.09. The highest BCUT2D eigenvalue weighted by molar-refractivity contribution is 7.90. The van der Waals surface area contributed by atoms with Gasteiger partial charge in [-0.05, 0) is 49.2 Å². The Kier molecular flexibility index (Phi) is 7.13. The van der Waals surface area contributed by atoms with E-state index >= 15 is 0 Å². The van der Waals surface area contributed by atoms with Crippen LogP contribution in [0.3, 0.4) is 0 Å². The maximum absolute atomic E-state index is 13.1. The molecule has 0 aliphatic carbocycles. The van der Waals surface area contributed by atoms with Crippen molar-refractivity contribution in [3.63, 3.8) is 0 Å². The van der Waals surface area contributed by atoms with E-state index in [2.05, 4.69) is 4.90 Å². The lowest BCUT2D eigenvalue weighted by molar-refractivity contribution is -0.129. The van der Waals surface area contributed by atoms with Crippen molar-refractivity contribution >= 4 is 39.1 Å². The lowest BCUT2D eigenvalue weighted by atomic mass is 10.1. The first-order valence-corrected chi connectivity index (χ1v) is 11.9. The minimum atomic E-state index is -3.83. The molecule has 0 unspecified atom stereocenters. The Balaban J connectivity index is 1.76. The topological polar surface area (TPSA) is 64.2 Å². The number of nitrogens with zero attached hydrogens (tertiary/aromatic N) is 4. The molecule has 1 aliphatic heterocycles. The number of carbonyl (C=O) groups excluding carboxylic acids is 1. The zero-order valence-electron chi connectivity index (χ0n) is 18.4. The number of anilines is 2. The first kappa shape index (κ1) is 23.4. The van der Waals surface area contributed by atoms with Crippen LogP contribution in [0.1, 0.15) is 11.1 Å². The number of halogens is 1. The third-order valence-corrected chi connectivity index (χ3v) is 7.50. The van der Waals surface area contributed by atoms with Gasteiger partial charge in [0.1, 0.15) is 6.54 Å². The smallest absolute Gasteiger partial charge is 0.304 e. The fraction of sp³-hybridized carbons (Fsp3) is 0.409. The van der Waals surface area contributed by atoms with Crippen LogP contribution in [-0.2, 0) is 15.0 Å². The maximum Gasteiger partial charge on any atom is 0.304 e. The number of hydrogen-bond acceptors (Lipinski definition) is 4. The van der Waals surface area contributed by atoms with Crippen LogP contribution in [-0.4, -0.2) is 70.3 Å². The SMILES string of the molecule is Cc1ccc(C)c(N(CC(=O)N2CCN(c3cccc(Cl)c3)CC2)S(=O)(=O)N(C)C)c1. The van der Waals surface area contributed by atoms with Gasteiger partial charge in [-0.15, -0.1) is 0 Å². The molecule has 1 amide bonds. The molecule has 1 fully saturated rings. The van der Waals surface area contributed by atoms with Crippen LogP contribution in [0, 0.1) is 13.8 Å². The second-order valence-electron chi connectivity index (χ2n) is 7.93. The number of hydrogen-bond donors (Lipinski definition) is 0. The quantitative estimate of drug-likeness (QED) is 0.659. The van der Waals surface area contributed by atoms with E-state index in [0.29, 0.717) is 36.9 Å². The molecule has 0 aromatic heterocycles. The molecular formula is C22H29ClN4O3S. The first-order chi connectivity index (χ1) is 14.6. The minimum Gasteiger partial charge on any atom is -0.368 e. The summed E-state index contributed by atoms with van der Waals surface area (Å²) in [5.41, 5.74) is 3.28. The Morgan fingerprint density at radius 3 is 2.32 bits per heavy atom. The average Bonchev–Trinajstić information content (AvgIpc) is 2.73. The van der Waals surface area contributed by atoms with Crippen LogP contribution < -0.4 is 9.21 Å². The molecule has 0 saturated carbocycles. The molecule has 9 heteroatoms. The van der Waals surface area contributed by atoms with E-state index in [9.17, 15) is 13.2 Å². The molecule has 0 bridgehead atoms. The Labute approximate surface area is 190 Å². The second-order valence-corrected chi connectivity index (χ2v) is 10.4. The van der Waals surface area contributed by atoms with Gasteiger partial charge in [-0.3, -0.25) is 4.79 Å². The van der Waals surface area contributed by atoms with Crippen molar-refractivity contribution in [2.24, 2.45) is 0 Å². The third kappa shape index (κ3) is 5.31. The molecule has 0 spiro atoms. The summed E-state index contributed by atoms with van der Waals surface area (Å²) in [5.74, 6) is -0.211. The summed E-state index contributed by atoms with van der Waals surface area (Å²) in [6, 6.07) is 13.2. The average molecular weight is 465 g/mol. The number of aryl methyl sites for hydroxylation is 2. The summed E-state index contributed by atoms with van der Waals surface area (Å²) in [6.45, 7) is 5.89. The van der Waals surface area contributed by atoms with Crippen molar-refractivity contribution in [3.05, 3.63) is 58.6 Å². The summed E-state index contributed by atoms with van der Waals surface area (Å²) in [4.78, 5) is 17.0. The summed E-state index contributed by atoms with van der Waals surface area (Å²) < 4.78 is 28.4. The number of piperazine rings is 1. The highest BCUT2D eigenvalue weighted by Crippen LogP contribution is 2.26. The van der Waals surface area contributed by atoms with E-state index < -0.39 is 10.2 Å². The Morgan fingerprint density at radius 2 is 1.71 bits per heavy atom. The predicted octanol–water partition coefficient (Wildman–Crippen LogP) is 2.92. The van der Waals surface area contributed by atoms with Crippen molar-refractivity contribution < 1.29 is 13.2 Å². The van der Waals surface area contributed by atoms with E-state index in [1.807, 2.05) is 50.2 Å². The number of rotatable bonds is 6. The van der Waals surface area contributed by atoms with E-state index in [1.165, 1.54) is 18.4 Å². The highest BCUT2D eigenvalue weighted by atomic mass is 35.5. The van der Waals surface area contributed by atoms with E-state index in [-0.39, 0.29) is 12.5 Å². The fourth-order valence-electron chi connectivity index (χ4n) is 3.59. The number of amides is 1. The molecule has 168 valence electrons. The van der Waals surface area contributed by atoms with Gasteiger partial charge in [-0.1, -0.05) is 29.8 Å². The normalized spacial score (nSPS) is 14.8. The van der Waals surface area contributed by atoms with Gasteiger partial charge in [-0.2, -0.15) is 12.7 Å². The molecule has 1 aliphatic rings.